The van der Waals surface area contributed by atoms with Gasteiger partial charge in [-0.15, -0.1) is 0 Å². The van der Waals surface area contributed by atoms with Crippen LogP contribution in [0.2, 0.25) is 0 Å². The fourth-order valence-electron chi connectivity index (χ4n) is 1.27. The normalized spacial score (nSPS) is 11.6. The lowest BCUT2D eigenvalue weighted by Crippen LogP contribution is -2.32. The first-order valence-electron chi connectivity index (χ1n) is 5.52. The summed E-state index contributed by atoms with van der Waals surface area (Å²) in [6.07, 6.45) is 1.05. The molecule has 0 unspecified atom stereocenters. The molecule has 0 aromatic heterocycles. The lowest BCUT2D eigenvalue weighted by atomic mass is 10.4. The van der Waals surface area contributed by atoms with Crippen molar-refractivity contribution in [1.82, 2.24) is 10.0 Å². The van der Waals surface area contributed by atoms with Gasteiger partial charge in [0.1, 0.15) is 0 Å². The minimum atomic E-state index is -3.36. The molecule has 0 aliphatic carbocycles. The molecule has 0 heterocycles. The Balaban J connectivity index is 2.48. The molecule has 0 bridgehead atoms. The third-order valence-corrected chi connectivity index (χ3v) is 4.34. The molecule has 0 radical (unpaired) electrons. The predicted molar refractivity (Wildman–Crippen MR) is 77.5 cm³/mol. The first kappa shape index (κ1) is 14.9. The Morgan fingerprint density at radius 3 is 2.35 bits per heavy atom. The summed E-state index contributed by atoms with van der Waals surface area (Å²) in [6, 6.07) is 6.79. The van der Waals surface area contributed by atoms with Gasteiger partial charge in [-0.2, -0.15) is 0 Å². The van der Waals surface area contributed by atoms with Crippen molar-refractivity contribution in [1.29, 1.82) is 0 Å². The predicted octanol–water partition coefficient (Wildman–Crippen LogP) is 1.57. The second-order valence-electron chi connectivity index (χ2n) is 3.60. The van der Waals surface area contributed by atoms with Gasteiger partial charge in [-0.05, 0) is 59.8 Å². The van der Waals surface area contributed by atoms with E-state index in [9.17, 15) is 8.42 Å². The van der Waals surface area contributed by atoms with Gasteiger partial charge in [0.15, 0.2) is 0 Å². The van der Waals surface area contributed by atoms with Crippen molar-refractivity contribution in [3.8, 4) is 0 Å². The van der Waals surface area contributed by atoms with Gasteiger partial charge in [-0.1, -0.05) is 6.92 Å². The molecular formula is C11H17IN2O2S. The molecule has 0 saturated carbocycles. The van der Waals surface area contributed by atoms with Crippen LogP contribution in [0.25, 0.3) is 0 Å². The Labute approximate surface area is 116 Å². The highest BCUT2D eigenvalue weighted by Crippen LogP contribution is 2.11. The Hall–Kier alpha value is -0.180. The average molecular weight is 368 g/mol. The average Bonchev–Trinajstić information content (AvgIpc) is 2.29. The van der Waals surface area contributed by atoms with Crippen LogP contribution in [-0.2, 0) is 10.0 Å². The summed E-state index contributed by atoms with van der Waals surface area (Å²) in [7, 11) is -3.36. The Morgan fingerprint density at radius 2 is 1.76 bits per heavy atom. The summed E-state index contributed by atoms with van der Waals surface area (Å²) in [5, 5.41) is 3.14. The lowest BCUT2D eigenvalue weighted by Gasteiger charge is -2.07. The third-order valence-electron chi connectivity index (χ3n) is 2.14. The molecule has 0 spiro atoms. The van der Waals surface area contributed by atoms with Crippen molar-refractivity contribution in [3.63, 3.8) is 0 Å². The van der Waals surface area contributed by atoms with Crippen LogP contribution in [0.15, 0.2) is 29.2 Å². The number of rotatable bonds is 7. The van der Waals surface area contributed by atoms with E-state index < -0.39 is 10.0 Å². The minimum Gasteiger partial charge on any atom is -0.315 e. The summed E-state index contributed by atoms with van der Waals surface area (Å²) < 4.78 is 27.3. The largest absolute Gasteiger partial charge is 0.315 e. The molecule has 0 amide bonds. The smallest absolute Gasteiger partial charge is 0.240 e. The van der Waals surface area contributed by atoms with Gasteiger partial charge in [0.25, 0.3) is 0 Å². The van der Waals surface area contributed by atoms with Crippen molar-refractivity contribution in [2.24, 2.45) is 0 Å². The number of hydrogen-bond donors (Lipinski definition) is 2. The van der Waals surface area contributed by atoms with Gasteiger partial charge < -0.3 is 5.32 Å². The number of halogens is 1. The van der Waals surface area contributed by atoms with E-state index >= 15 is 0 Å². The molecule has 17 heavy (non-hydrogen) atoms. The van der Waals surface area contributed by atoms with Crippen LogP contribution in [0.5, 0.6) is 0 Å². The Morgan fingerprint density at radius 1 is 1.12 bits per heavy atom. The van der Waals surface area contributed by atoms with Crippen LogP contribution < -0.4 is 10.0 Å². The molecule has 4 nitrogen and oxygen atoms in total. The number of sulfonamides is 1. The van der Waals surface area contributed by atoms with Crippen LogP contribution in [0.1, 0.15) is 13.3 Å². The van der Waals surface area contributed by atoms with E-state index in [2.05, 4.69) is 39.6 Å². The first-order chi connectivity index (χ1) is 8.06. The first-order valence-corrected chi connectivity index (χ1v) is 8.08. The second kappa shape index (κ2) is 7.30. The van der Waals surface area contributed by atoms with Crippen molar-refractivity contribution >= 4 is 32.6 Å². The Bertz CT molecular complexity index is 431. The summed E-state index contributed by atoms with van der Waals surface area (Å²) in [6.45, 7) is 4.04. The maximum Gasteiger partial charge on any atom is 0.240 e. The minimum absolute atomic E-state index is 0.313. The van der Waals surface area contributed by atoms with E-state index in [1.165, 1.54) is 0 Å². The standard InChI is InChI=1S/C11H17IN2O2S/c1-2-7-13-8-9-14-17(15,16)11-5-3-10(12)4-6-11/h3-6,13-14H,2,7-9H2,1H3. The van der Waals surface area contributed by atoms with Crippen LogP contribution >= 0.6 is 22.6 Å². The highest BCUT2D eigenvalue weighted by atomic mass is 127. The summed E-state index contributed by atoms with van der Waals surface area (Å²) >= 11 is 2.14. The third kappa shape index (κ3) is 5.33. The summed E-state index contributed by atoms with van der Waals surface area (Å²) in [5.74, 6) is 0. The van der Waals surface area contributed by atoms with Crippen molar-refractivity contribution in [2.45, 2.75) is 18.2 Å². The van der Waals surface area contributed by atoms with E-state index in [4.69, 9.17) is 0 Å². The van der Waals surface area contributed by atoms with Gasteiger partial charge in [0.05, 0.1) is 4.90 Å². The van der Waals surface area contributed by atoms with Crippen LogP contribution in [0, 0.1) is 3.57 Å². The molecular weight excluding hydrogens is 351 g/mol. The zero-order valence-corrected chi connectivity index (χ0v) is 12.7. The molecule has 0 atom stereocenters. The molecule has 2 N–H and O–H groups in total. The van der Waals surface area contributed by atoms with E-state index in [1.54, 1.807) is 24.3 Å². The Kier molecular flexibility index (Phi) is 6.39. The molecule has 1 aromatic carbocycles. The number of hydrogen-bond acceptors (Lipinski definition) is 3. The van der Waals surface area contributed by atoms with Crippen molar-refractivity contribution in [3.05, 3.63) is 27.8 Å². The fraction of sp³-hybridized carbons (Fsp3) is 0.455. The zero-order chi connectivity index (χ0) is 12.7. The quantitative estimate of drug-likeness (QED) is 0.568. The SMILES string of the molecule is CCCNCCNS(=O)(=O)c1ccc(I)cc1. The molecule has 6 heteroatoms. The van der Waals surface area contributed by atoms with E-state index in [1.807, 2.05) is 0 Å². The van der Waals surface area contributed by atoms with E-state index in [0.717, 1.165) is 16.5 Å². The lowest BCUT2D eigenvalue weighted by molar-refractivity contribution is 0.575. The van der Waals surface area contributed by atoms with Gasteiger partial charge >= 0.3 is 0 Å². The monoisotopic (exact) mass is 368 g/mol. The molecule has 0 saturated heterocycles. The van der Waals surface area contributed by atoms with Gasteiger partial charge in [-0.25, -0.2) is 13.1 Å². The molecule has 1 aromatic rings. The topological polar surface area (TPSA) is 58.2 Å². The second-order valence-corrected chi connectivity index (χ2v) is 6.61. The fourth-order valence-corrected chi connectivity index (χ4v) is 2.66. The maximum absolute atomic E-state index is 11.8. The van der Waals surface area contributed by atoms with E-state index in [0.29, 0.717) is 18.0 Å². The molecule has 0 fully saturated rings. The van der Waals surface area contributed by atoms with Gasteiger partial charge in [0, 0.05) is 16.7 Å². The molecule has 1 rings (SSSR count). The molecule has 0 aliphatic rings. The highest BCUT2D eigenvalue weighted by molar-refractivity contribution is 14.1. The van der Waals surface area contributed by atoms with Crippen molar-refractivity contribution in [2.75, 3.05) is 19.6 Å². The highest BCUT2D eigenvalue weighted by Gasteiger charge is 2.12. The molecule has 96 valence electrons. The van der Waals surface area contributed by atoms with Gasteiger partial charge in [-0.3, -0.25) is 0 Å². The summed E-state index contributed by atoms with van der Waals surface area (Å²) in [5.41, 5.74) is 0. The van der Waals surface area contributed by atoms with Crippen LogP contribution in [0.4, 0.5) is 0 Å². The molecule has 0 aliphatic heterocycles. The van der Waals surface area contributed by atoms with E-state index in [-0.39, 0.29) is 0 Å². The van der Waals surface area contributed by atoms with Crippen molar-refractivity contribution < 1.29 is 8.42 Å². The maximum atomic E-state index is 11.8. The van der Waals surface area contributed by atoms with Crippen LogP contribution in [0.3, 0.4) is 0 Å². The van der Waals surface area contributed by atoms with Crippen LogP contribution in [-0.4, -0.2) is 28.1 Å². The summed E-state index contributed by atoms with van der Waals surface area (Å²) in [4.78, 5) is 0.313. The van der Waals surface area contributed by atoms with Gasteiger partial charge in [0.2, 0.25) is 10.0 Å². The number of nitrogens with one attached hydrogen (secondary N) is 2. The number of benzene rings is 1. The zero-order valence-electron chi connectivity index (χ0n) is 9.74.